The highest BCUT2D eigenvalue weighted by atomic mass is 16.5. The lowest BCUT2D eigenvalue weighted by molar-refractivity contribution is 0.0716. The molecule has 6 nitrogen and oxygen atoms in total. The number of piperidine rings is 1. The lowest BCUT2D eigenvalue weighted by Crippen LogP contribution is -2.38. The maximum Gasteiger partial charge on any atom is 0.274 e. The van der Waals surface area contributed by atoms with Crippen molar-refractivity contribution in [1.82, 2.24) is 20.0 Å². The van der Waals surface area contributed by atoms with Gasteiger partial charge in [0.1, 0.15) is 5.75 Å². The molecule has 1 atom stereocenters. The topological polar surface area (TPSA) is 59.4 Å². The SMILES string of the molecule is COc1ccccc1CCNC1CCc2c(c(C(=O)N3CCCCC3)nn2C)C1. The van der Waals surface area contributed by atoms with Gasteiger partial charge in [0.25, 0.3) is 5.91 Å². The van der Waals surface area contributed by atoms with E-state index in [4.69, 9.17) is 4.74 Å². The molecule has 1 aromatic heterocycles. The summed E-state index contributed by atoms with van der Waals surface area (Å²) in [5.74, 6) is 1.07. The fraction of sp³-hybridized carbons (Fsp3) is 0.565. The van der Waals surface area contributed by atoms with Crippen LogP contribution in [0.1, 0.15) is 53.0 Å². The molecule has 156 valence electrons. The molecule has 4 rings (SSSR count). The second kappa shape index (κ2) is 8.99. The van der Waals surface area contributed by atoms with Crippen molar-refractivity contribution in [3.8, 4) is 5.75 Å². The monoisotopic (exact) mass is 396 g/mol. The summed E-state index contributed by atoms with van der Waals surface area (Å²) in [4.78, 5) is 15.1. The molecule has 2 aromatic rings. The van der Waals surface area contributed by atoms with E-state index in [1.807, 2.05) is 28.8 Å². The van der Waals surface area contributed by atoms with E-state index in [1.165, 1.54) is 17.7 Å². The molecule has 0 radical (unpaired) electrons. The van der Waals surface area contributed by atoms with E-state index in [-0.39, 0.29) is 5.91 Å². The predicted octanol–water partition coefficient (Wildman–Crippen LogP) is 2.74. The largest absolute Gasteiger partial charge is 0.496 e. The van der Waals surface area contributed by atoms with E-state index in [0.717, 1.165) is 69.5 Å². The summed E-state index contributed by atoms with van der Waals surface area (Å²) < 4.78 is 7.38. The number of likely N-dealkylation sites (tertiary alicyclic amines) is 1. The highest BCUT2D eigenvalue weighted by Crippen LogP contribution is 2.26. The van der Waals surface area contributed by atoms with E-state index in [0.29, 0.717) is 11.7 Å². The van der Waals surface area contributed by atoms with Crippen LogP contribution in [0.15, 0.2) is 24.3 Å². The lowest BCUT2D eigenvalue weighted by atomic mass is 9.90. The first kappa shape index (κ1) is 20.0. The van der Waals surface area contributed by atoms with Crippen LogP contribution in [-0.4, -0.2) is 53.4 Å². The number of aryl methyl sites for hydroxylation is 1. The molecule has 1 unspecified atom stereocenters. The number of aromatic nitrogens is 2. The van der Waals surface area contributed by atoms with Crippen LogP contribution in [0, 0.1) is 0 Å². The van der Waals surface area contributed by atoms with Gasteiger partial charge in [-0.05, 0) is 63.1 Å². The van der Waals surface area contributed by atoms with E-state index < -0.39 is 0 Å². The number of para-hydroxylation sites is 1. The van der Waals surface area contributed by atoms with Crippen LogP contribution in [0.3, 0.4) is 0 Å². The van der Waals surface area contributed by atoms with Gasteiger partial charge >= 0.3 is 0 Å². The van der Waals surface area contributed by atoms with Gasteiger partial charge in [0.2, 0.25) is 0 Å². The summed E-state index contributed by atoms with van der Waals surface area (Å²) in [5, 5.41) is 8.33. The maximum atomic E-state index is 13.1. The Kier molecular flexibility index (Phi) is 6.19. The number of nitrogens with one attached hydrogen (secondary N) is 1. The van der Waals surface area contributed by atoms with E-state index in [1.54, 1.807) is 7.11 Å². The quantitative estimate of drug-likeness (QED) is 0.816. The van der Waals surface area contributed by atoms with E-state index in [2.05, 4.69) is 22.5 Å². The van der Waals surface area contributed by atoms with Gasteiger partial charge in [0, 0.05) is 37.4 Å². The van der Waals surface area contributed by atoms with Crippen LogP contribution in [-0.2, 0) is 26.3 Å². The van der Waals surface area contributed by atoms with Crippen molar-refractivity contribution in [2.24, 2.45) is 7.05 Å². The van der Waals surface area contributed by atoms with Gasteiger partial charge in [-0.25, -0.2) is 0 Å². The smallest absolute Gasteiger partial charge is 0.274 e. The summed E-state index contributed by atoms with van der Waals surface area (Å²) in [7, 11) is 3.69. The highest BCUT2D eigenvalue weighted by Gasteiger charge is 2.30. The minimum Gasteiger partial charge on any atom is -0.496 e. The fourth-order valence-corrected chi connectivity index (χ4v) is 4.70. The van der Waals surface area contributed by atoms with Gasteiger partial charge in [-0.1, -0.05) is 18.2 Å². The minimum absolute atomic E-state index is 0.122. The minimum atomic E-state index is 0.122. The van der Waals surface area contributed by atoms with Crippen LogP contribution in [0.4, 0.5) is 0 Å². The number of nitrogens with zero attached hydrogens (tertiary/aromatic N) is 3. The Morgan fingerprint density at radius 3 is 2.83 bits per heavy atom. The Morgan fingerprint density at radius 1 is 1.24 bits per heavy atom. The Labute approximate surface area is 173 Å². The summed E-state index contributed by atoms with van der Waals surface area (Å²) in [6.07, 6.45) is 7.29. The number of fused-ring (bicyclic) bond motifs is 1. The summed E-state index contributed by atoms with van der Waals surface area (Å²) >= 11 is 0. The zero-order valence-electron chi connectivity index (χ0n) is 17.6. The number of carbonyl (C=O) groups is 1. The molecule has 0 spiro atoms. The zero-order chi connectivity index (χ0) is 20.2. The van der Waals surface area contributed by atoms with Gasteiger partial charge in [-0.15, -0.1) is 0 Å². The molecule has 6 heteroatoms. The molecule has 1 amide bonds. The van der Waals surface area contributed by atoms with Crippen molar-refractivity contribution >= 4 is 5.91 Å². The third kappa shape index (κ3) is 4.32. The molecule has 29 heavy (non-hydrogen) atoms. The van der Waals surface area contributed by atoms with Crippen LogP contribution < -0.4 is 10.1 Å². The zero-order valence-corrected chi connectivity index (χ0v) is 17.6. The van der Waals surface area contributed by atoms with E-state index >= 15 is 0 Å². The predicted molar refractivity (Wildman–Crippen MR) is 113 cm³/mol. The van der Waals surface area contributed by atoms with Crippen LogP contribution >= 0.6 is 0 Å². The second-order valence-electron chi connectivity index (χ2n) is 8.21. The maximum absolute atomic E-state index is 13.1. The Morgan fingerprint density at radius 2 is 2.03 bits per heavy atom. The molecule has 1 N–H and O–H groups in total. The second-order valence-corrected chi connectivity index (χ2v) is 8.21. The number of carbonyl (C=O) groups excluding carboxylic acids is 1. The molecule has 1 saturated heterocycles. The number of methoxy groups -OCH3 is 1. The lowest BCUT2D eigenvalue weighted by Gasteiger charge is -2.27. The van der Waals surface area contributed by atoms with Crippen LogP contribution in [0.25, 0.3) is 0 Å². The first-order chi connectivity index (χ1) is 14.2. The number of benzene rings is 1. The van der Waals surface area contributed by atoms with Gasteiger partial charge in [0.15, 0.2) is 5.69 Å². The summed E-state index contributed by atoms with van der Waals surface area (Å²) in [6, 6.07) is 8.57. The third-order valence-corrected chi connectivity index (χ3v) is 6.32. The Balaban J connectivity index is 1.40. The number of rotatable bonds is 6. The molecule has 1 aromatic carbocycles. The number of amides is 1. The van der Waals surface area contributed by atoms with Crippen LogP contribution in [0.2, 0.25) is 0 Å². The number of hydrogen-bond acceptors (Lipinski definition) is 4. The molecule has 1 aliphatic carbocycles. The fourth-order valence-electron chi connectivity index (χ4n) is 4.70. The molecule has 2 heterocycles. The molecule has 0 saturated carbocycles. The van der Waals surface area contributed by atoms with Gasteiger partial charge < -0.3 is 15.0 Å². The summed E-state index contributed by atoms with van der Waals surface area (Å²) in [5.41, 5.74) is 4.29. The third-order valence-electron chi connectivity index (χ3n) is 6.32. The van der Waals surface area contributed by atoms with Gasteiger partial charge in [0.05, 0.1) is 7.11 Å². The molecule has 1 aliphatic heterocycles. The number of hydrogen-bond donors (Lipinski definition) is 1. The average Bonchev–Trinajstić information content (AvgIpc) is 3.10. The number of ether oxygens (including phenoxy) is 1. The molecular formula is C23H32N4O2. The normalized spacial score (nSPS) is 19.1. The molecule has 0 bridgehead atoms. The average molecular weight is 397 g/mol. The van der Waals surface area contributed by atoms with Crippen molar-refractivity contribution < 1.29 is 9.53 Å². The highest BCUT2D eigenvalue weighted by molar-refractivity contribution is 5.94. The van der Waals surface area contributed by atoms with Crippen molar-refractivity contribution in [3.05, 3.63) is 46.8 Å². The molecule has 2 aliphatic rings. The van der Waals surface area contributed by atoms with Crippen LogP contribution in [0.5, 0.6) is 5.75 Å². The standard InChI is InChI=1S/C23H32N4O2/c1-26-20-11-10-18(24-13-12-17-8-4-5-9-21(17)29-2)16-19(20)22(25-26)23(28)27-14-6-3-7-15-27/h4-5,8-9,18,24H,3,6-7,10-16H2,1-2H3. The van der Waals surface area contributed by atoms with Gasteiger partial charge in [-0.2, -0.15) is 5.10 Å². The molecular weight excluding hydrogens is 364 g/mol. The Bertz CT molecular complexity index is 855. The van der Waals surface area contributed by atoms with Crippen molar-refractivity contribution in [1.29, 1.82) is 0 Å². The van der Waals surface area contributed by atoms with Crippen molar-refractivity contribution in [2.75, 3.05) is 26.7 Å². The Hall–Kier alpha value is -2.34. The van der Waals surface area contributed by atoms with Crippen molar-refractivity contribution in [3.63, 3.8) is 0 Å². The summed E-state index contributed by atoms with van der Waals surface area (Å²) in [6.45, 7) is 2.63. The molecule has 1 fully saturated rings. The van der Waals surface area contributed by atoms with Gasteiger partial charge in [-0.3, -0.25) is 9.48 Å². The van der Waals surface area contributed by atoms with Crippen molar-refractivity contribution in [2.45, 2.75) is 51.0 Å². The first-order valence-electron chi connectivity index (χ1n) is 10.9. The van der Waals surface area contributed by atoms with E-state index in [9.17, 15) is 4.79 Å². The first-order valence-corrected chi connectivity index (χ1v) is 10.9.